The lowest BCUT2D eigenvalue weighted by Gasteiger charge is -2.32. The van der Waals surface area contributed by atoms with Crippen molar-refractivity contribution in [2.45, 2.75) is 45.8 Å². The molecule has 1 heterocycles. The first-order valence-electron chi connectivity index (χ1n) is 6.48. The van der Waals surface area contributed by atoms with Gasteiger partial charge in [-0.2, -0.15) is 0 Å². The van der Waals surface area contributed by atoms with Gasteiger partial charge in [0.05, 0.1) is 11.2 Å². The Hall–Kier alpha value is -1.27. The molecule has 19 heavy (non-hydrogen) atoms. The van der Waals surface area contributed by atoms with Gasteiger partial charge in [-0.15, -0.1) is 0 Å². The van der Waals surface area contributed by atoms with Gasteiger partial charge in [-0.25, -0.2) is 4.99 Å². The zero-order chi connectivity index (χ0) is 14.7. The lowest BCUT2D eigenvalue weighted by molar-refractivity contribution is 0.00578. The summed E-state index contributed by atoms with van der Waals surface area (Å²) in [5.41, 5.74) is 5.52. The van der Waals surface area contributed by atoms with Gasteiger partial charge < -0.3 is 20.4 Å². The van der Waals surface area contributed by atoms with Crippen molar-refractivity contribution in [1.29, 1.82) is 0 Å². The fourth-order valence-electron chi connectivity index (χ4n) is 1.56. The Morgan fingerprint density at radius 2 is 1.84 bits per heavy atom. The normalized spacial score (nSPS) is 21.9. The van der Waals surface area contributed by atoms with E-state index in [0.717, 1.165) is 6.54 Å². The molecule has 0 amide bonds. The van der Waals surface area contributed by atoms with Crippen molar-refractivity contribution in [3.05, 3.63) is 24.1 Å². The van der Waals surface area contributed by atoms with Crippen molar-refractivity contribution >= 4 is 13.3 Å². The maximum Gasteiger partial charge on any atom is 0.497 e. The van der Waals surface area contributed by atoms with E-state index >= 15 is 0 Å². The topological polar surface area (TPSA) is 68.9 Å². The number of hydrogen-bond acceptors (Lipinski definition) is 5. The fraction of sp³-hybridized carbons (Fsp3) is 0.615. The van der Waals surface area contributed by atoms with Gasteiger partial charge in [0.2, 0.25) is 0 Å². The van der Waals surface area contributed by atoms with Crippen molar-refractivity contribution in [1.82, 2.24) is 5.32 Å². The largest absolute Gasteiger partial charge is 0.497 e. The molecule has 0 aromatic heterocycles. The van der Waals surface area contributed by atoms with E-state index in [9.17, 15) is 0 Å². The van der Waals surface area contributed by atoms with Gasteiger partial charge in [-0.3, -0.25) is 0 Å². The monoisotopic (exact) mass is 265 g/mol. The zero-order valence-electron chi connectivity index (χ0n) is 12.5. The van der Waals surface area contributed by atoms with Crippen molar-refractivity contribution < 1.29 is 9.31 Å². The zero-order valence-corrected chi connectivity index (χ0v) is 12.5. The second kappa shape index (κ2) is 5.80. The number of nitrogens with zero attached hydrogens (tertiary/aromatic N) is 1. The van der Waals surface area contributed by atoms with Crippen LogP contribution in [0.15, 0.2) is 29.1 Å². The van der Waals surface area contributed by atoms with E-state index in [1.807, 2.05) is 34.6 Å². The highest BCUT2D eigenvalue weighted by Gasteiger charge is 2.52. The minimum absolute atomic E-state index is 0.390. The third-order valence-corrected chi connectivity index (χ3v) is 3.47. The minimum atomic E-state index is -0.506. The number of rotatable bonds is 5. The molecule has 1 fully saturated rings. The number of aliphatic imine (C=N–C) groups is 1. The van der Waals surface area contributed by atoms with Gasteiger partial charge in [-0.05, 0) is 40.8 Å². The molecule has 1 rings (SSSR count). The van der Waals surface area contributed by atoms with Crippen LogP contribution in [0.1, 0.15) is 34.6 Å². The van der Waals surface area contributed by atoms with Crippen LogP contribution >= 0.6 is 0 Å². The van der Waals surface area contributed by atoms with Crippen LogP contribution in [0.4, 0.5) is 0 Å². The van der Waals surface area contributed by atoms with Crippen molar-refractivity contribution in [3.8, 4) is 0 Å². The molecule has 0 aliphatic carbocycles. The van der Waals surface area contributed by atoms with Gasteiger partial charge in [0.15, 0.2) is 0 Å². The Morgan fingerprint density at radius 3 is 2.26 bits per heavy atom. The van der Waals surface area contributed by atoms with Crippen molar-refractivity contribution in [2.75, 3.05) is 6.54 Å². The fourth-order valence-corrected chi connectivity index (χ4v) is 1.56. The van der Waals surface area contributed by atoms with Gasteiger partial charge in [0.1, 0.15) is 5.82 Å². The van der Waals surface area contributed by atoms with E-state index in [1.165, 1.54) is 6.20 Å². The van der Waals surface area contributed by atoms with E-state index in [4.69, 9.17) is 15.0 Å². The number of hydrogen-bond donors (Lipinski definition) is 2. The molecule has 6 heteroatoms. The smallest absolute Gasteiger partial charge is 0.405 e. The summed E-state index contributed by atoms with van der Waals surface area (Å²) >= 11 is 0. The minimum Gasteiger partial charge on any atom is -0.405 e. The van der Waals surface area contributed by atoms with Crippen molar-refractivity contribution in [3.63, 3.8) is 0 Å². The summed E-state index contributed by atoms with van der Waals surface area (Å²) in [6.45, 7) is 14.5. The molecule has 0 spiro atoms. The number of allylic oxidation sites excluding steroid dienone is 1. The SMILES string of the molecule is C=C(/N=C\C(=C/N)B1OC(C)(C)C(C)(C)O1)NCC. The first-order chi connectivity index (χ1) is 8.73. The summed E-state index contributed by atoms with van der Waals surface area (Å²) in [6.07, 6.45) is 3.07. The maximum absolute atomic E-state index is 5.90. The average Bonchev–Trinajstić information content (AvgIpc) is 2.49. The molecule has 0 saturated carbocycles. The third-order valence-electron chi connectivity index (χ3n) is 3.47. The highest BCUT2D eigenvalue weighted by atomic mass is 16.7. The molecule has 0 aromatic carbocycles. The Labute approximate surface area is 116 Å². The van der Waals surface area contributed by atoms with Crippen LogP contribution in [0.3, 0.4) is 0 Å². The maximum atomic E-state index is 5.90. The lowest BCUT2D eigenvalue weighted by Crippen LogP contribution is -2.41. The van der Waals surface area contributed by atoms with E-state index in [-0.39, 0.29) is 0 Å². The van der Waals surface area contributed by atoms with E-state index in [0.29, 0.717) is 11.3 Å². The Kier molecular flexibility index (Phi) is 4.82. The predicted molar refractivity (Wildman–Crippen MR) is 79.7 cm³/mol. The van der Waals surface area contributed by atoms with Crippen molar-refractivity contribution in [2.24, 2.45) is 10.7 Å². The highest BCUT2D eigenvalue weighted by molar-refractivity contribution is 6.60. The first-order valence-corrected chi connectivity index (χ1v) is 6.48. The Morgan fingerprint density at radius 1 is 1.32 bits per heavy atom. The summed E-state index contributed by atoms with van der Waals surface area (Å²) in [7, 11) is -0.506. The van der Waals surface area contributed by atoms with Crippen LogP contribution in [-0.2, 0) is 9.31 Å². The molecule has 0 bridgehead atoms. The Bertz CT molecular complexity index is 387. The van der Waals surface area contributed by atoms with Crippen LogP contribution in [0.5, 0.6) is 0 Å². The lowest BCUT2D eigenvalue weighted by atomic mass is 9.79. The van der Waals surface area contributed by atoms with Crippen LogP contribution in [-0.4, -0.2) is 31.1 Å². The molecule has 0 atom stereocenters. The third kappa shape index (κ3) is 3.61. The van der Waals surface area contributed by atoms with Gasteiger partial charge in [0, 0.05) is 18.2 Å². The van der Waals surface area contributed by atoms with Gasteiger partial charge in [0.25, 0.3) is 0 Å². The molecular weight excluding hydrogens is 241 g/mol. The first kappa shape index (κ1) is 15.8. The van der Waals surface area contributed by atoms with Crippen LogP contribution in [0, 0.1) is 0 Å². The second-order valence-electron chi connectivity index (χ2n) is 5.49. The molecule has 5 nitrogen and oxygen atoms in total. The molecule has 1 aliphatic heterocycles. The number of nitrogens with one attached hydrogen (secondary N) is 1. The number of nitrogens with two attached hydrogens (primary N) is 1. The van der Waals surface area contributed by atoms with Crippen LogP contribution < -0.4 is 11.1 Å². The summed E-state index contributed by atoms with van der Waals surface area (Å²) in [6, 6.07) is 0. The van der Waals surface area contributed by atoms with Crippen LogP contribution in [0.2, 0.25) is 0 Å². The molecule has 0 radical (unpaired) electrons. The molecule has 3 N–H and O–H groups in total. The molecule has 1 aliphatic rings. The van der Waals surface area contributed by atoms with Crippen LogP contribution in [0.25, 0.3) is 0 Å². The Balaban J connectivity index is 2.77. The molecular formula is C13H24BN3O2. The predicted octanol–water partition coefficient (Wildman–Crippen LogP) is 1.61. The van der Waals surface area contributed by atoms with E-state index in [1.54, 1.807) is 6.21 Å². The summed E-state index contributed by atoms with van der Waals surface area (Å²) < 4.78 is 11.8. The van der Waals surface area contributed by atoms with Gasteiger partial charge >= 0.3 is 7.12 Å². The average molecular weight is 265 g/mol. The highest BCUT2D eigenvalue weighted by Crippen LogP contribution is 2.38. The summed E-state index contributed by atoms with van der Waals surface area (Å²) in [5, 5.41) is 3.01. The molecule has 0 aromatic rings. The standard InChI is InChI=1S/C13H24BN3O2/c1-7-16-10(2)17-9-11(8-15)14-18-12(3,4)13(5,6)19-14/h8-9,16H,2,7,15H2,1,3-6H3/b11-8+,17-9-. The molecule has 106 valence electrons. The van der Waals surface area contributed by atoms with E-state index < -0.39 is 18.3 Å². The molecule has 0 unspecified atom stereocenters. The summed E-state index contributed by atoms with van der Waals surface area (Å²) in [4.78, 5) is 4.19. The quantitative estimate of drug-likeness (QED) is 0.585. The van der Waals surface area contributed by atoms with Gasteiger partial charge in [-0.1, -0.05) is 6.58 Å². The molecule has 1 saturated heterocycles. The van der Waals surface area contributed by atoms with E-state index in [2.05, 4.69) is 16.9 Å². The summed E-state index contributed by atoms with van der Waals surface area (Å²) in [5.74, 6) is 0.582. The second-order valence-corrected chi connectivity index (χ2v) is 5.49.